The molecule has 2 fully saturated rings. The molecule has 9 nitrogen and oxygen atoms in total. The highest BCUT2D eigenvalue weighted by atomic mass is 16.6. The molecule has 0 bridgehead atoms. The van der Waals surface area contributed by atoms with Crippen LogP contribution in [0.2, 0.25) is 0 Å². The van der Waals surface area contributed by atoms with E-state index in [4.69, 9.17) is 0 Å². The fraction of sp³-hybridized carbons (Fsp3) is 0.346. The molecule has 0 unspecified atom stereocenters. The Kier molecular flexibility index (Phi) is 7.11. The highest BCUT2D eigenvalue weighted by molar-refractivity contribution is 5.92. The first-order valence-corrected chi connectivity index (χ1v) is 11.7. The summed E-state index contributed by atoms with van der Waals surface area (Å²) in [5, 5.41) is 25.1. The van der Waals surface area contributed by atoms with Crippen molar-refractivity contribution in [3.05, 3.63) is 74.0 Å². The lowest BCUT2D eigenvalue weighted by atomic mass is 10.1. The van der Waals surface area contributed by atoms with Gasteiger partial charge in [-0.25, -0.2) is 0 Å². The van der Waals surface area contributed by atoms with Crippen LogP contribution in [0.5, 0.6) is 0 Å². The van der Waals surface area contributed by atoms with Gasteiger partial charge in [-0.05, 0) is 56.2 Å². The van der Waals surface area contributed by atoms with Crippen LogP contribution >= 0.6 is 0 Å². The quantitative estimate of drug-likeness (QED) is 0.255. The molecule has 0 atom stereocenters. The minimum atomic E-state index is -0.458. The van der Waals surface area contributed by atoms with Gasteiger partial charge >= 0.3 is 0 Å². The van der Waals surface area contributed by atoms with Crippen molar-refractivity contribution < 1.29 is 14.6 Å². The fourth-order valence-electron chi connectivity index (χ4n) is 3.58. The van der Waals surface area contributed by atoms with Crippen LogP contribution in [0.15, 0.2) is 42.5 Å². The van der Waals surface area contributed by atoms with Crippen LogP contribution in [0, 0.1) is 38.0 Å². The number of rotatable bonds is 6. The van der Waals surface area contributed by atoms with Crippen LogP contribution in [0.4, 0.5) is 17.1 Å². The van der Waals surface area contributed by atoms with E-state index in [1.165, 1.54) is 36.7 Å². The van der Waals surface area contributed by atoms with Gasteiger partial charge < -0.3 is 10.3 Å². The predicted octanol–water partition coefficient (Wildman–Crippen LogP) is 6.05. The fourth-order valence-corrected chi connectivity index (χ4v) is 3.58. The largest absolute Gasteiger partial charge is 0.358 e. The maximum absolute atomic E-state index is 11.6. The Labute approximate surface area is 202 Å². The third-order valence-electron chi connectivity index (χ3n) is 5.81. The Hall–Kier alpha value is -4.19. The molecule has 1 amide bonds. The third-order valence-corrected chi connectivity index (χ3v) is 5.81. The molecule has 0 radical (unpaired) electrons. The lowest BCUT2D eigenvalue weighted by Crippen LogP contribution is -2.11. The summed E-state index contributed by atoms with van der Waals surface area (Å²) in [5.74, 6) is 6.95. The van der Waals surface area contributed by atoms with Gasteiger partial charge in [-0.1, -0.05) is 18.8 Å². The summed E-state index contributed by atoms with van der Waals surface area (Å²) in [4.78, 5) is 35.5. The smallest absolute Gasteiger partial charge is 0.270 e. The van der Waals surface area contributed by atoms with Crippen molar-refractivity contribution in [3.63, 3.8) is 0 Å². The number of aromatic amines is 1. The Morgan fingerprint density at radius 2 is 1.71 bits per heavy atom. The molecule has 2 N–H and O–H groups in total. The Bertz CT molecular complexity index is 1340. The Balaban J connectivity index is 0.000000171. The van der Waals surface area contributed by atoms with Crippen molar-refractivity contribution in [2.24, 2.45) is 5.92 Å². The molecule has 2 aliphatic rings. The molecule has 1 heterocycles. The van der Waals surface area contributed by atoms with E-state index in [2.05, 4.69) is 22.1 Å². The van der Waals surface area contributed by atoms with Crippen LogP contribution in [-0.4, -0.2) is 20.7 Å². The minimum absolute atomic E-state index is 0.0152. The molecular formula is C26H26N4O5. The summed E-state index contributed by atoms with van der Waals surface area (Å²) in [7, 11) is 0. The number of nitrogens with zero attached hydrogens (tertiary/aromatic N) is 2. The van der Waals surface area contributed by atoms with Crippen LogP contribution < -0.4 is 5.32 Å². The molecule has 3 aromatic rings. The first-order chi connectivity index (χ1) is 16.8. The molecule has 0 aliphatic heterocycles. The standard InChI is InChI=1S/C15H16N2O3.C11H10N2O2/c1-2-3-15(18)16-14-9-8-13(17(19)20)10-12(14)7-6-11-4-5-11;14-13(15)9-3-4-10-8(5-9)6-11(12-10)7-1-2-7/h8-11H,2-5H2,1H3,(H,16,18);3-7,12H,1-2H2. The summed E-state index contributed by atoms with van der Waals surface area (Å²) in [5.41, 5.74) is 3.40. The van der Waals surface area contributed by atoms with Crippen LogP contribution in [0.1, 0.15) is 62.6 Å². The molecule has 180 valence electrons. The number of fused-ring (bicyclic) bond motifs is 1. The van der Waals surface area contributed by atoms with Gasteiger partial charge in [0.25, 0.3) is 11.4 Å². The van der Waals surface area contributed by atoms with Gasteiger partial charge in [-0.2, -0.15) is 0 Å². The average molecular weight is 475 g/mol. The summed E-state index contributed by atoms with van der Waals surface area (Å²) in [6.07, 6.45) is 5.80. The number of non-ortho nitro benzene ring substituents is 2. The Morgan fingerprint density at radius 3 is 2.34 bits per heavy atom. The zero-order valence-electron chi connectivity index (χ0n) is 19.4. The van der Waals surface area contributed by atoms with Crippen LogP contribution in [0.25, 0.3) is 10.9 Å². The molecule has 0 saturated heterocycles. The van der Waals surface area contributed by atoms with Gasteiger partial charge in [0.05, 0.1) is 21.1 Å². The third kappa shape index (κ3) is 6.44. The number of benzene rings is 2. The van der Waals surface area contributed by atoms with E-state index < -0.39 is 4.92 Å². The van der Waals surface area contributed by atoms with Gasteiger partial charge in [0, 0.05) is 53.2 Å². The first kappa shape index (κ1) is 24.0. The number of nitrogens with one attached hydrogen (secondary N) is 2. The van der Waals surface area contributed by atoms with E-state index in [1.807, 2.05) is 13.0 Å². The number of nitro groups is 2. The number of nitro benzene ring substituents is 2. The molecule has 5 rings (SSSR count). The van der Waals surface area contributed by atoms with Gasteiger partial charge in [0.1, 0.15) is 0 Å². The number of carbonyl (C=O) groups excluding carboxylic acids is 1. The number of anilines is 1. The number of carbonyl (C=O) groups is 1. The summed E-state index contributed by atoms with van der Waals surface area (Å²) >= 11 is 0. The number of hydrogen-bond donors (Lipinski definition) is 2. The van der Waals surface area contributed by atoms with Crippen LogP contribution in [-0.2, 0) is 4.79 Å². The van der Waals surface area contributed by atoms with E-state index in [1.54, 1.807) is 18.2 Å². The van der Waals surface area contributed by atoms with Gasteiger partial charge in [0.2, 0.25) is 5.91 Å². The Morgan fingerprint density at radius 1 is 1.03 bits per heavy atom. The first-order valence-electron chi connectivity index (χ1n) is 11.7. The van der Waals surface area contributed by atoms with Crippen molar-refractivity contribution in [1.29, 1.82) is 0 Å². The monoisotopic (exact) mass is 474 g/mol. The van der Waals surface area contributed by atoms with E-state index >= 15 is 0 Å². The lowest BCUT2D eigenvalue weighted by Gasteiger charge is -2.06. The topological polar surface area (TPSA) is 131 Å². The van der Waals surface area contributed by atoms with E-state index in [-0.39, 0.29) is 22.2 Å². The number of amides is 1. The predicted molar refractivity (Wildman–Crippen MR) is 133 cm³/mol. The summed E-state index contributed by atoms with van der Waals surface area (Å²) in [6.45, 7) is 1.92. The van der Waals surface area contributed by atoms with Crippen molar-refractivity contribution in [2.45, 2.75) is 51.4 Å². The maximum Gasteiger partial charge on any atom is 0.270 e. The number of aromatic nitrogens is 1. The summed E-state index contributed by atoms with van der Waals surface area (Å²) in [6, 6.07) is 11.3. The number of hydrogen-bond acceptors (Lipinski definition) is 5. The van der Waals surface area contributed by atoms with Gasteiger partial charge in [-0.3, -0.25) is 25.0 Å². The van der Waals surface area contributed by atoms with Crippen molar-refractivity contribution in [1.82, 2.24) is 4.98 Å². The second-order valence-electron chi connectivity index (χ2n) is 8.86. The molecule has 35 heavy (non-hydrogen) atoms. The second-order valence-corrected chi connectivity index (χ2v) is 8.86. The lowest BCUT2D eigenvalue weighted by molar-refractivity contribution is -0.385. The second kappa shape index (κ2) is 10.4. The van der Waals surface area contributed by atoms with Gasteiger partial charge in [0.15, 0.2) is 0 Å². The maximum atomic E-state index is 11.6. The molecule has 1 aromatic heterocycles. The highest BCUT2D eigenvalue weighted by Crippen LogP contribution is 2.40. The molecule has 0 spiro atoms. The number of H-pyrrole nitrogens is 1. The zero-order valence-corrected chi connectivity index (χ0v) is 19.4. The normalized spacial score (nSPS) is 14.3. The van der Waals surface area contributed by atoms with E-state index in [0.717, 1.165) is 30.2 Å². The molecule has 2 aromatic carbocycles. The summed E-state index contributed by atoms with van der Waals surface area (Å²) < 4.78 is 0. The van der Waals surface area contributed by atoms with Gasteiger partial charge in [-0.15, -0.1) is 0 Å². The average Bonchev–Trinajstić information content (AvgIpc) is 3.76. The minimum Gasteiger partial charge on any atom is -0.358 e. The molecule has 2 saturated carbocycles. The zero-order chi connectivity index (χ0) is 24.9. The SMILES string of the molecule is CCCC(=O)Nc1ccc([N+](=O)[O-])cc1C#CC1CC1.O=[N+]([O-])c1ccc2[nH]c(C3CC3)cc2c1. The highest BCUT2D eigenvalue weighted by Gasteiger charge is 2.25. The van der Waals surface area contributed by atoms with Crippen LogP contribution in [0.3, 0.4) is 0 Å². The van der Waals surface area contributed by atoms with Crippen molar-refractivity contribution >= 4 is 33.9 Å². The van der Waals surface area contributed by atoms with E-state index in [9.17, 15) is 25.0 Å². The molecule has 9 heteroatoms. The van der Waals surface area contributed by atoms with E-state index in [0.29, 0.717) is 29.5 Å². The molecular weight excluding hydrogens is 448 g/mol. The van der Waals surface area contributed by atoms with Crippen molar-refractivity contribution in [2.75, 3.05) is 5.32 Å². The van der Waals surface area contributed by atoms with Crippen molar-refractivity contribution in [3.8, 4) is 11.8 Å². The molecule has 2 aliphatic carbocycles.